The molecule has 0 bridgehead atoms. The number of aromatic nitrogens is 6. The van der Waals surface area contributed by atoms with Crippen LogP contribution in [-0.4, -0.2) is 35.6 Å². The van der Waals surface area contributed by atoms with E-state index in [4.69, 9.17) is 10.1 Å². The summed E-state index contributed by atoms with van der Waals surface area (Å²) in [5, 5.41) is 7.70. The SMILES string of the molecule is CC(=O)NC(Cc1cnc[nH]1)c1nc(-c2ccncc2)nn1-c1ccccc1. The third-order valence-corrected chi connectivity index (χ3v) is 4.24. The minimum Gasteiger partial charge on any atom is -0.348 e. The van der Waals surface area contributed by atoms with E-state index in [0.717, 1.165) is 16.9 Å². The molecule has 1 amide bonds. The van der Waals surface area contributed by atoms with E-state index in [1.807, 2.05) is 42.5 Å². The van der Waals surface area contributed by atoms with Crippen LogP contribution in [0.25, 0.3) is 17.1 Å². The average molecular weight is 373 g/mol. The highest BCUT2D eigenvalue weighted by molar-refractivity contribution is 5.73. The van der Waals surface area contributed by atoms with Gasteiger partial charge < -0.3 is 10.3 Å². The number of benzene rings is 1. The van der Waals surface area contributed by atoms with Crippen molar-refractivity contribution >= 4 is 5.91 Å². The zero-order chi connectivity index (χ0) is 19.3. The van der Waals surface area contributed by atoms with Crippen LogP contribution in [0.2, 0.25) is 0 Å². The number of para-hydroxylation sites is 1. The van der Waals surface area contributed by atoms with Crippen molar-refractivity contribution in [2.45, 2.75) is 19.4 Å². The predicted octanol–water partition coefficient (Wildman–Crippen LogP) is 2.47. The van der Waals surface area contributed by atoms with E-state index in [9.17, 15) is 4.79 Å². The molecule has 0 aliphatic carbocycles. The summed E-state index contributed by atoms with van der Waals surface area (Å²) in [5.74, 6) is 1.07. The maximum Gasteiger partial charge on any atom is 0.217 e. The van der Waals surface area contributed by atoms with Crippen LogP contribution in [0.15, 0.2) is 67.4 Å². The van der Waals surface area contributed by atoms with Crippen molar-refractivity contribution in [3.8, 4) is 17.1 Å². The van der Waals surface area contributed by atoms with E-state index in [0.29, 0.717) is 18.1 Å². The largest absolute Gasteiger partial charge is 0.348 e. The molecule has 0 aliphatic rings. The van der Waals surface area contributed by atoms with Gasteiger partial charge in [0.25, 0.3) is 0 Å². The van der Waals surface area contributed by atoms with Crippen molar-refractivity contribution in [1.82, 2.24) is 35.0 Å². The maximum absolute atomic E-state index is 11.9. The summed E-state index contributed by atoms with van der Waals surface area (Å²) >= 11 is 0. The smallest absolute Gasteiger partial charge is 0.217 e. The minimum absolute atomic E-state index is 0.141. The van der Waals surface area contributed by atoms with Gasteiger partial charge in [0, 0.05) is 43.2 Å². The van der Waals surface area contributed by atoms with Gasteiger partial charge in [-0.3, -0.25) is 9.78 Å². The third kappa shape index (κ3) is 3.80. The van der Waals surface area contributed by atoms with Crippen LogP contribution in [0.4, 0.5) is 0 Å². The van der Waals surface area contributed by atoms with Crippen LogP contribution in [0.5, 0.6) is 0 Å². The lowest BCUT2D eigenvalue weighted by atomic mass is 10.1. The monoisotopic (exact) mass is 373 g/mol. The first-order valence-electron chi connectivity index (χ1n) is 8.88. The van der Waals surface area contributed by atoms with Crippen LogP contribution < -0.4 is 5.32 Å². The van der Waals surface area contributed by atoms with Gasteiger partial charge in [-0.1, -0.05) is 18.2 Å². The Labute approximate surface area is 161 Å². The molecule has 1 atom stereocenters. The summed E-state index contributed by atoms with van der Waals surface area (Å²) < 4.78 is 1.77. The van der Waals surface area contributed by atoms with Crippen LogP contribution in [0.3, 0.4) is 0 Å². The van der Waals surface area contributed by atoms with Gasteiger partial charge in [0.15, 0.2) is 11.6 Å². The fourth-order valence-electron chi connectivity index (χ4n) is 3.00. The van der Waals surface area contributed by atoms with Crippen LogP contribution in [0, 0.1) is 0 Å². The first-order valence-corrected chi connectivity index (χ1v) is 8.88. The highest BCUT2D eigenvalue weighted by atomic mass is 16.1. The number of aromatic amines is 1. The Kier molecular flexibility index (Phi) is 4.92. The molecule has 4 aromatic rings. The van der Waals surface area contributed by atoms with Gasteiger partial charge in [-0.25, -0.2) is 14.6 Å². The minimum atomic E-state index is -0.374. The van der Waals surface area contributed by atoms with E-state index in [1.165, 1.54) is 6.92 Å². The van der Waals surface area contributed by atoms with Gasteiger partial charge in [0.2, 0.25) is 5.91 Å². The molecule has 28 heavy (non-hydrogen) atoms. The van der Waals surface area contributed by atoms with Crippen molar-refractivity contribution < 1.29 is 4.79 Å². The van der Waals surface area contributed by atoms with Crippen molar-refractivity contribution in [3.05, 3.63) is 78.9 Å². The Morgan fingerprint density at radius 1 is 1.14 bits per heavy atom. The molecule has 140 valence electrons. The second-order valence-corrected chi connectivity index (χ2v) is 6.31. The molecular formula is C20H19N7O. The number of pyridine rings is 1. The normalized spacial score (nSPS) is 11.9. The molecule has 4 rings (SSSR count). The van der Waals surface area contributed by atoms with Crippen LogP contribution in [0.1, 0.15) is 24.5 Å². The molecular weight excluding hydrogens is 354 g/mol. The zero-order valence-electron chi connectivity index (χ0n) is 15.3. The van der Waals surface area contributed by atoms with Gasteiger partial charge in [-0.2, -0.15) is 0 Å². The predicted molar refractivity (Wildman–Crippen MR) is 103 cm³/mol. The highest BCUT2D eigenvalue weighted by Crippen LogP contribution is 2.23. The Bertz CT molecular complexity index is 1040. The molecule has 0 radical (unpaired) electrons. The quantitative estimate of drug-likeness (QED) is 0.541. The molecule has 0 saturated heterocycles. The highest BCUT2D eigenvalue weighted by Gasteiger charge is 2.23. The van der Waals surface area contributed by atoms with Gasteiger partial charge in [-0.05, 0) is 24.3 Å². The van der Waals surface area contributed by atoms with Crippen molar-refractivity contribution in [1.29, 1.82) is 0 Å². The standard InChI is InChI=1S/C20H19N7O/c1-14(28)24-18(11-16-12-22-13-23-16)20-25-19(15-7-9-21-10-8-15)26-27(20)17-5-3-2-4-6-17/h2-10,12-13,18H,11H2,1H3,(H,22,23)(H,24,28). The zero-order valence-corrected chi connectivity index (χ0v) is 15.3. The topological polar surface area (TPSA) is 101 Å². The number of hydrogen-bond acceptors (Lipinski definition) is 5. The molecule has 8 nitrogen and oxygen atoms in total. The number of nitrogens with zero attached hydrogens (tertiary/aromatic N) is 5. The van der Waals surface area contributed by atoms with Crippen molar-refractivity contribution in [2.75, 3.05) is 0 Å². The van der Waals surface area contributed by atoms with Gasteiger partial charge in [0.05, 0.1) is 18.1 Å². The Morgan fingerprint density at radius 3 is 2.61 bits per heavy atom. The van der Waals surface area contributed by atoms with E-state index in [-0.39, 0.29) is 11.9 Å². The van der Waals surface area contributed by atoms with E-state index >= 15 is 0 Å². The summed E-state index contributed by atoms with van der Waals surface area (Å²) in [7, 11) is 0. The molecule has 8 heteroatoms. The fourth-order valence-corrected chi connectivity index (χ4v) is 3.00. The number of nitrogens with one attached hydrogen (secondary N) is 2. The lowest BCUT2D eigenvalue weighted by molar-refractivity contribution is -0.119. The third-order valence-electron chi connectivity index (χ3n) is 4.24. The summed E-state index contributed by atoms with van der Waals surface area (Å²) in [5.41, 5.74) is 2.62. The molecule has 0 saturated carbocycles. The first kappa shape index (κ1) is 17.6. The lowest BCUT2D eigenvalue weighted by Crippen LogP contribution is -2.30. The molecule has 3 heterocycles. The maximum atomic E-state index is 11.9. The second kappa shape index (κ2) is 7.83. The molecule has 2 N–H and O–H groups in total. The number of amides is 1. The fraction of sp³-hybridized carbons (Fsp3) is 0.150. The number of imidazole rings is 1. The molecule has 1 aromatic carbocycles. The molecule has 3 aromatic heterocycles. The molecule has 0 aliphatic heterocycles. The Morgan fingerprint density at radius 2 is 1.93 bits per heavy atom. The molecule has 0 fully saturated rings. The lowest BCUT2D eigenvalue weighted by Gasteiger charge is -2.17. The van der Waals surface area contributed by atoms with E-state index in [1.54, 1.807) is 29.6 Å². The number of rotatable bonds is 6. The molecule has 0 spiro atoms. The summed E-state index contributed by atoms with van der Waals surface area (Å²) in [6, 6.07) is 13.1. The van der Waals surface area contributed by atoms with E-state index in [2.05, 4.69) is 20.3 Å². The second-order valence-electron chi connectivity index (χ2n) is 6.31. The first-order chi connectivity index (χ1) is 13.7. The number of hydrogen-bond donors (Lipinski definition) is 2. The van der Waals surface area contributed by atoms with Gasteiger partial charge in [0.1, 0.15) is 0 Å². The van der Waals surface area contributed by atoms with Crippen LogP contribution >= 0.6 is 0 Å². The van der Waals surface area contributed by atoms with Gasteiger partial charge >= 0.3 is 0 Å². The number of carbonyl (C=O) groups excluding carboxylic acids is 1. The van der Waals surface area contributed by atoms with Crippen molar-refractivity contribution in [2.24, 2.45) is 0 Å². The van der Waals surface area contributed by atoms with E-state index < -0.39 is 0 Å². The molecule has 1 unspecified atom stereocenters. The van der Waals surface area contributed by atoms with Gasteiger partial charge in [-0.15, -0.1) is 5.10 Å². The Balaban J connectivity index is 1.82. The number of H-pyrrole nitrogens is 1. The summed E-state index contributed by atoms with van der Waals surface area (Å²) in [6.45, 7) is 1.49. The number of carbonyl (C=O) groups is 1. The average Bonchev–Trinajstić information content (AvgIpc) is 3.38. The summed E-state index contributed by atoms with van der Waals surface area (Å²) in [6.07, 6.45) is 7.27. The van der Waals surface area contributed by atoms with Crippen LogP contribution in [-0.2, 0) is 11.2 Å². The van der Waals surface area contributed by atoms with Crippen molar-refractivity contribution in [3.63, 3.8) is 0 Å². The summed E-state index contributed by atoms with van der Waals surface area (Å²) in [4.78, 5) is 27.8. The Hall–Kier alpha value is -3.81.